The standard InChI is InChI=1S/C11H19NO3/c1-8-6-9(13)11(2,7-12-8)5-4-10(14)15-3/h8,12H,4-7H2,1-3H3. The molecule has 0 spiro atoms. The molecular weight excluding hydrogens is 194 g/mol. The number of Topliss-reactive ketones (excluding diaryl/α,β-unsaturated/α-hetero) is 1. The Hall–Kier alpha value is -0.900. The first-order chi connectivity index (χ1) is 6.98. The van der Waals surface area contributed by atoms with Gasteiger partial charge in [-0.1, -0.05) is 6.92 Å². The van der Waals surface area contributed by atoms with Crippen LogP contribution in [0.4, 0.5) is 0 Å². The maximum Gasteiger partial charge on any atom is 0.305 e. The van der Waals surface area contributed by atoms with Crippen molar-refractivity contribution in [1.82, 2.24) is 5.32 Å². The van der Waals surface area contributed by atoms with Crippen molar-refractivity contribution in [1.29, 1.82) is 0 Å². The Morgan fingerprint density at radius 3 is 2.87 bits per heavy atom. The summed E-state index contributed by atoms with van der Waals surface area (Å²) in [6.07, 6.45) is 1.44. The zero-order valence-electron chi connectivity index (χ0n) is 9.63. The van der Waals surface area contributed by atoms with Crippen LogP contribution in [0.25, 0.3) is 0 Å². The monoisotopic (exact) mass is 213 g/mol. The van der Waals surface area contributed by atoms with E-state index in [9.17, 15) is 9.59 Å². The van der Waals surface area contributed by atoms with Crippen molar-refractivity contribution in [3.8, 4) is 0 Å². The van der Waals surface area contributed by atoms with Gasteiger partial charge in [0.25, 0.3) is 0 Å². The summed E-state index contributed by atoms with van der Waals surface area (Å²) < 4.78 is 4.57. The normalized spacial score (nSPS) is 31.4. The molecule has 1 fully saturated rings. The number of piperidine rings is 1. The molecule has 4 nitrogen and oxygen atoms in total. The Kier molecular flexibility index (Phi) is 3.85. The second-order valence-electron chi connectivity index (χ2n) is 4.55. The molecule has 1 saturated heterocycles. The molecule has 1 rings (SSSR count). The summed E-state index contributed by atoms with van der Waals surface area (Å²) in [5, 5.41) is 3.27. The second-order valence-corrected chi connectivity index (χ2v) is 4.55. The van der Waals surface area contributed by atoms with Gasteiger partial charge in [-0.15, -0.1) is 0 Å². The molecule has 0 amide bonds. The lowest BCUT2D eigenvalue weighted by Crippen LogP contribution is -2.49. The van der Waals surface area contributed by atoms with Crippen molar-refractivity contribution in [2.75, 3.05) is 13.7 Å². The van der Waals surface area contributed by atoms with Gasteiger partial charge in [0, 0.05) is 30.8 Å². The van der Waals surface area contributed by atoms with E-state index in [-0.39, 0.29) is 17.8 Å². The van der Waals surface area contributed by atoms with E-state index in [0.29, 0.717) is 25.8 Å². The van der Waals surface area contributed by atoms with Crippen LogP contribution in [0.1, 0.15) is 33.1 Å². The average molecular weight is 213 g/mol. The summed E-state index contributed by atoms with van der Waals surface area (Å²) in [7, 11) is 1.37. The van der Waals surface area contributed by atoms with Crippen molar-refractivity contribution in [2.24, 2.45) is 5.41 Å². The molecule has 0 aromatic carbocycles. The average Bonchev–Trinajstić information content (AvgIpc) is 2.21. The summed E-state index contributed by atoms with van der Waals surface area (Å²) >= 11 is 0. The van der Waals surface area contributed by atoms with Crippen molar-refractivity contribution in [2.45, 2.75) is 39.2 Å². The van der Waals surface area contributed by atoms with Crippen LogP contribution in [0.2, 0.25) is 0 Å². The van der Waals surface area contributed by atoms with Crippen LogP contribution >= 0.6 is 0 Å². The number of esters is 1. The van der Waals surface area contributed by atoms with E-state index in [4.69, 9.17) is 0 Å². The van der Waals surface area contributed by atoms with Crippen molar-refractivity contribution in [3.63, 3.8) is 0 Å². The molecule has 0 saturated carbocycles. The van der Waals surface area contributed by atoms with Crippen LogP contribution < -0.4 is 5.32 Å². The number of carbonyl (C=O) groups excluding carboxylic acids is 2. The molecule has 1 N–H and O–H groups in total. The molecule has 0 aromatic rings. The topological polar surface area (TPSA) is 55.4 Å². The van der Waals surface area contributed by atoms with Gasteiger partial charge < -0.3 is 10.1 Å². The van der Waals surface area contributed by atoms with Gasteiger partial charge in [0.15, 0.2) is 0 Å². The fourth-order valence-electron chi connectivity index (χ4n) is 1.80. The van der Waals surface area contributed by atoms with Crippen LogP contribution in [0.15, 0.2) is 0 Å². The zero-order chi connectivity index (χ0) is 11.5. The van der Waals surface area contributed by atoms with Crippen molar-refractivity contribution >= 4 is 11.8 Å². The number of rotatable bonds is 3. The summed E-state index contributed by atoms with van der Waals surface area (Å²) in [5.41, 5.74) is -0.402. The number of ketones is 1. The quantitative estimate of drug-likeness (QED) is 0.708. The fraction of sp³-hybridized carbons (Fsp3) is 0.818. The van der Waals surface area contributed by atoms with Crippen LogP contribution in [-0.2, 0) is 14.3 Å². The molecule has 2 atom stereocenters. The first-order valence-corrected chi connectivity index (χ1v) is 5.31. The van der Waals surface area contributed by atoms with E-state index in [1.54, 1.807) is 0 Å². The van der Waals surface area contributed by atoms with Gasteiger partial charge in [-0.05, 0) is 13.3 Å². The number of ether oxygens (including phenoxy) is 1. The molecule has 15 heavy (non-hydrogen) atoms. The van der Waals surface area contributed by atoms with Crippen LogP contribution in [0.5, 0.6) is 0 Å². The summed E-state index contributed by atoms with van der Waals surface area (Å²) in [6.45, 7) is 4.57. The molecule has 1 aliphatic rings. The van der Waals surface area contributed by atoms with Crippen molar-refractivity contribution in [3.05, 3.63) is 0 Å². The summed E-state index contributed by atoms with van der Waals surface area (Å²) in [6, 6.07) is 0.253. The van der Waals surface area contributed by atoms with E-state index in [0.717, 1.165) is 0 Å². The Morgan fingerprint density at radius 2 is 2.33 bits per heavy atom. The maximum absolute atomic E-state index is 11.8. The molecule has 0 bridgehead atoms. The van der Waals surface area contributed by atoms with Gasteiger partial charge in [-0.25, -0.2) is 0 Å². The highest BCUT2D eigenvalue weighted by Gasteiger charge is 2.37. The van der Waals surface area contributed by atoms with E-state index >= 15 is 0 Å². The van der Waals surface area contributed by atoms with Crippen molar-refractivity contribution < 1.29 is 14.3 Å². The number of methoxy groups -OCH3 is 1. The molecular formula is C11H19NO3. The van der Waals surface area contributed by atoms with Crippen LogP contribution in [0, 0.1) is 5.41 Å². The lowest BCUT2D eigenvalue weighted by molar-refractivity contribution is -0.142. The van der Waals surface area contributed by atoms with E-state index in [2.05, 4.69) is 10.1 Å². The number of nitrogens with one attached hydrogen (secondary N) is 1. The third-order valence-electron chi connectivity index (χ3n) is 3.11. The van der Waals surface area contributed by atoms with E-state index < -0.39 is 5.41 Å². The van der Waals surface area contributed by atoms with E-state index in [1.165, 1.54) is 7.11 Å². The van der Waals surface area contributed by atoms with Gasteiger partial charge >= 0.3 is 5.97 Å². The van der Waals surface area contributed by atoms with Crippen LogP contribution in [-0.4, -0.2) is 31.4 Å². The molecule has 2 unspecified atom stereocenters. The van der Waals surface area contributed by atoms with Gasteiger partial charge in [0.05, 0.1) is 7.11 Å². The second kappa shape index (κ2) is 4.75. The van der Waals surface area contributed by atoms with Crippen LogP contribution in [0.3, 0.4) is 0 Å². The minimum absolute atomic E-state index is 0.248. The Bertz CT molecular complexity index is 265. The summed E-state index contributed by atoms with van der Waals surface area (Å²) in [4.78, 5) is 22.8. The maximum atomic E-state index is 11.8. The molecule has 86 valence electrons. The van der Waals surface area contributed by atoms with E-state index in [1.807, 2.05) is 13.8 Å². The molecule has 0 aliphatic carbocycles. The molecule has 0 radical (unpaired) electrons. The predicted octanol–water partition coefficient (Wildman–Crippen LogP) is 0.897. The lowest BCUT2D eigenvalue weighted by atomic mass is 9.76. The minimum Gasteiger partial charge on any atom is -0.469 e. The first-order valence-electron chi connectivity index (χ1n) is 5.31. The Balaban J connectivity index is 2.51. The zero-order valence-corrected chi connectivity index (χ0v) is 9.63. The highest BCUT2D eigenvalue weighted by molar-refractivity contribution is 5.86. The van der Waals surface area contributed by atoms with Gasteiger partial charge in [0.2, 0.25) is 0 Å². The van der Waals surface area contributed by atoms with Gasteiger partial charge in [0.1, 0.15) is 5.78 Å². The number of carbonyl (C=O) groups is 2. The van der Waals surface area contributed by atoms with Gasteiger partial charge in [-0.2, -0.15) is 0 Å². The summed E-state index contributed by atoms with van der Waals surface area (Å²) in [5.74, 6) is 0.000278. The Morgan fingerprint density at radius 1 is 1.67 bits per heavy atom. The smallest absolute Gasteiger partial charge is 0.305 e. The number of hydrogen-bond donors (Lipinski definition) is 1. The molecule has 0 aromatic heterocycles. The lowest BCUT2D eigenvalue weighted by Gasteiger charge is -2.35. The highest BCUT2D eigenvalue weighted by Crippen LogP contribution is 2.29. The minimum atomic E-state index is -0.402. The molecule has 4 heteroatoms. The predicted molar refractivity (Wildman–Crippen MR) is 56.4 cm³/mol. The van der Waals surface area contributed by atoms with Gasteiger partial charge in [-0.3, -0.25) is 9.59 Å². The number of hydrogen-bond acceptors (Lipinski definition) is 4. The first kappa shape index (κ1) is 12.2. The third-order valence-corrected chi connectivity index (χ3v) is 3.11. The molecule has 1 aliphatic heterocycles. The third kappa shape index (κ3) is 3.02. The Labute approximate surface area is 90.4 Å². The highest BCUT2D eigenvalue weighted by atomic mass is 16.5. The SMILES string of the molecule is COC(=O)CCC1(C)CNC(C)CC1=O. The fourth-order valence-corrected chi connectivity index (χ4v) is 1.80. The molecule has 1 heterocycles. The largest absolute Gasteiger partial charge is 0.469 e.